The number of rotatable bonds is 8. The SMILES string of the molecule is CNC(=O)c1cc2c(s1)C(CCNCC(=O)N1CCC[C@H]1C#N)(c1nn[nH]n1)c1sc(C(=O)NC)cc1CC2. The molecule has 2 aliphatic rings. The predicted molar refractivity (Wildman–Crippen MR) is 145 cm³/mol. The number of hydrogen-bond acceptors (Lipinski definition) is 10. The van der Waals surface area contributed by atoms with E-state index < -0.39 is 5.41 Å². The van der Waals surface area contributed by atoms with E-state index in [4.69, 9.17) is 0 Å². The van der Waals surface area contributed by atoms with E-state index in [1.807, 2.05) is 12.1 Å². The minimum Gasteiger partial charge on any atom is -0.354 e. The fraction of sp³-hybridized carbons (Fsp3) is 0.480. The van der Waals surface area contributed by atoms with Crippen LogP contribution >= 0.6 is 22.7 Å². The number of H-pyrrole nitrogens is 1. The number of tetrazole rings is 1. The Labute approximate surface area is 233 Å². The average Bonchev–Trinajstić information content (AvgIpc) is 3.77. The number of aromatic nitrogens is 4. The second-order valence-electron chi connectivity index (χ2n) is 9.53. The molecule has 1 saturated heterocycles. The molecule has 4 heterocycles. The summed E-state index contributed by atoms with van der Waals surface area (Å²) in [6.45, 7) is 1.11. The predicted octanol–water partition coefficient (Wildman–Crippen LogP) is 0.969. The molecule has 1 aliphatic carbocycles. The summed E-state index contributed by atoms with van der Waals surface area (Å²) in [7, 11) is 3.20. The third-order valence-corrected chi connectivity index (χ3v) is 10.0. The quantitative estimate of drug-likeness (QED) is 0.292. The fourth-order valence-corrected chi connectivity index (χ4v) is 8.27. The number of nitriles is 1. The van der Waals surface area contributed by atoms with Crippen molar-refractivity contribution in [2.45, 2.75) is 43.6 Å². The lowest BCUT2D eigenvalue weighted by atomic mass is 9.78. The van der Waals surface area contributed by atoms with Crippen LogP contribution in [-0.4, -0.2) is 83.0 Å². The second-order valence-corrected chi connectivity index (χ2v) is 11.6. The number of nitrogens with zero attached hydrogens (tertiary/aromatic N) is 5. The molecule has 14 heteroatoms. The Morgan fingerprint density at radius 3 is 2.31 bits per heavy atom. The van der Waals surface area contributed by atoms with E-state index in [0.717, 1.165) is 27.3 Å². The lowest BCUT2D eigenvalue weighted by Gasteiger charge is -2.30. The smallest absolute Gasteiger partial charge is 0.261 e. The van der Waals surface area contributed by atoms with Crippen LogP contribution in [0.1, 0.15) is 65.3 Å². The largest absolute Gasteiger partial charge is 0.354 e. The van der Waals surface area contributed by atoms with Crippen molar-refractivity contribution in [1.29, 1.82) is 5.26 Å². The van der Waals surface area contributed by atoms with E-state index in [0.29, 0.717) is 54.4 Å². The van der Waals surface area contributed by atoms with Crippen molar-refractivity contribution in [2.24, 2.45) is 0 Å². The number of aryl methyl sites for hydroxylation is 2. The van der Waals surface area contributed by atoms with Crippen molar-refractivity contribution in [1.82, 2.24) is 41.5 Å². The molecule has 39 heavy (non-hydrogen) atoms. The van der Waals surface area contributed by atoms with Crippen molar-refractivity contribution in [2.75, 3.05) is 33.7 Å². The summed E-state index contributed by atoms with van der Waals surface area (Å²) in [6.07, 6.45) is 3.37. The number of nitrogens with one attached hydrogen (secondary N) is 4. The topological polar surface area (TPSA) is 169 Å². The fourth-order valence-electron chi connectivity index (χ4n) is 5.45. The summed E-state index contributed by atoms with van der Waals surface area (Å²) in [5, 5.41) is 33.3. The monoisotopic (exact) mass is 567 g/mol. The van der Waals surface area contributed by atoms with Gasteiger partial charge in [-0.2, -0.15) is 10.5 Å². The zero-order chi connectivity index (χ0) is 27.6. The Morgan fingerprint density at radius 2 is 1.77 bits per heavy atom. The highest BCUT2D eigenvalue weighted by molar-refractivity contribution is 7.16. The molecule has 0 aromatic carbocycles. The first-order valence-electron chi connectivity index (χ1n) is 12.8. The second kappa shape index (κ2) is 11.2. The van der Waals surface area contributed by atoms with Gasteiger partial charge in [-0.05, 0) is 61.9 Å². The maximum atomic E-state index is 12.8. The molecule has 1 fully saturated rings. The van der Waals surface area contributed by atoms with Crippen molar-refractivity contribution in [3.63, 3.8) is 0 Å². The molecule has 12 nitrogen and oxygen atoms in total. The maximum absolute atomic E-state index is 12.8. The first-order valence-corrected chi connectivity index (χ1v) is 14.4. The highest BCUT2D eigenvalue weighted by atomic mass is 32.1. The molecule has 0 radical (unpaired) electrons. The lowest BCUT2D eigenvalue weighted by Crippen LogP contribution is -2.42. The number of fused-ring (bicyclic) bond motifs is 2. The normalized spacial score (nSPS) is 17.6. The van der Waals surface area contributed by atoms with Gasteiger partial charge in [0.1, 0.15) is 11.5 Å². The Kier molecular flexibility index (Phi) is 7.74. The van der Waals surface area contributed by atoms with E-state index in [2.05, 4.69) is 42.6 Å². The maximum Gasteiger partial charge on any atom is 0.261 e. The number of amides is 3. The number of carbonyl (C=O) groups is 3. The molecular formula is C25H29N9O3S2. The van der Waals surface area contributed by atoms with Gasteiger partial charge in [0.25, 0.3) is 11.8 Å². The lowest BCUT2D eigenvalue weighted by molar-refractivity contribution is -0.130. The van der Waals surface area contributed by atoms with E-state index in [1.54, 1.807) is 19.0 Å². The van der Waals surface area contributed by atoms with Crippen molar-refractivity contribution in [3.05, 3.63) is 48.6 Å². The van der Waals surface area contributed by atoms with E-state index in [9.17, 15) is 19.6 Å². The van der Waals surface area contributed by atoms with Crippen LogP contribution in [0.4, 0.5) is 0 Å². The van der Waals surface area contributed by atoms with Crippen molar-refractivity contribution < 1.29 is 14.4 Å². The standard InChI is InChI=1S/C25H29N9O3S2/c1-27-22(36)17-10-14-5-6-15-11-18(23(37)28-2)39-21(15)25(20(14)38-17,24-30-32-33-31-24)7-8-29-13-19(35)34-9-3-4-16(34)12-26/h10-11,16,29H,3-9,13H2,1-2H3,(H,27,36)(H,28,37)(H,30,31,32,33)/t16-/m0/s1. The number of aromatic amines is 1. The van der Waals surface area contributed by atoms with Gasteiger partial charge in [0.05, 0.1) is 22.4 Å². The Morgan fingerprint density at radius 1 is 1.13 bits per heavy atom. The Bertz CT molecular complexity index is 1360. The molecule has 3 amide bonds. The average molecular weight is 568 g/mol. The zero-order valence-corrected chi connectivity index (χ0v) is 23.3. The van der Waals surface area contributed by atoms with E-state index >= 15 is 0 Å². The summed E-state index contributed by atoms with van der Waals surface area (Å²) in [5.74, 6) is -0.00599. The van der Waals surface area contributed by atoms with Crippen LogP contribution in [0.5, 0.6) is 0 Å². The summed E-state index contributed by atoms with van der Waals surface area (Å²) in [4.78, 5) is 42.8. The molecule has 3 aromatic rings. The van der Waals surface area contributed by atoms with Crippen LogP contribution in [0.3, 0.4) is 0 Å². The van der Waals surface area contributed by atoms with Gasteiger partial charge in [0.2, 0.25) is 5.91 Å². The van der Waals surface area contributed by atoms with Crippen LogP contribution in [0.15, 0.2) is 12.1 Å². The molecule has 0 saturated carbocycles. The van der Waals surface area contributed by atoms with Crippen LogP contribution in [0.25, 0.3) is 0 Å². The summed E-state index contributed by atoms with van der Waals surface area (Å²) >= 11 is 2.79. The molecule has 1 atom stereocenters. The number of thiophene rings is 2. The third-order valence-electron chi connectivity index (χ3n) is 7.36. The van der Waals surface area contributed by atoms with Crippen molar-refractivity contribution >= 4 is 40.4 Å². The molecule has 1 aliphatic heterocycles. The molecule has 0 spiro atoms. The minimum atomic E-state index is -0.888. The minimum absolute atomic E-state index is 0.0993. The number of hydrogen-bond donors (Lipinski definition) is 4. The summed E-state index contributed by atoms with van der Waals surface area (Å²) in [6, 6.07) is 5.69. The highest BCUT2D eigenvalue weighted by Gasteiger charge is 2.47. The van der Waals surface area contributed by atoms with E-state index in [1.165, 1.54) is 22.7 Å². The van der Waals surface area contributed by atoms with Crippen molar-refractivity contribution in [3.8, 4) is 6.07 Å². The van der Waals surface area contributed by atoms with Gasteiger partial charge >= 0.3 is 0 Å². The number of likely N-dealkylation sites (tertiary alicyclic amines) is 1. The highest BCUT2D eigenvalue weighted by Crippen LogP contribution is 2.51. The Balaban J connectivity index is 1.53. The van der Waals surface area contributed by atoms with Crippen LogP contribution in [0, 0.1) is 11.3 Å². The molecule has 3 aromatic heterocycles. The van der Waals surface area contributed by atoms with E-state index in [-0.39, 0.29) is 30.3 Å². The van der Waals surface area contributed by atoms with Gasteiger partial charge in [-0.15, -0.1) is 32.9 Å². The van der Waals surface area contributed by atoms with Gasteiger partial charge < -0.3 is 20.9 Å². The van der Waals surface area contributed by atoms with Gasteiger partial charge in [-0.1, -0.05) is 5.21 Å². The van der Waals surface area contributed by atoms with Crippen LogP contribution in [-0.2, 0) is 23.1 Å². The summed E-state index contributed by atoms with van der Waals surface area (Å²) in [5.41, 5.74) is 1.16. The van der Waals surface area contributed by atoms with Gasteiger partial charge in [-0.3, -0.25) is 14.4 Å². The van der Waals surface area contributed by atoms with Gasteiger partial charge in [-0.25, -0.2) is 0 Å². The molecular weight excluding hydrogens is 538 g/mol. The molecule has 0 unspecified atom stereocenters. The first-order chi connectivity index (χ1) is 18.9. The Hall–Kier alpha value is -3.67. The van der Waals surface area contributed by atoms with Crippen LogP contribution in [0.2, 0.25) is 0 Å². The van der Waals surface area contributed by atoms with Gasteiger partial charge in [0, 0.05) is 30.4 Å². The zero-order valence-electron chi connectivity index (χ0n) is 21.7. The molecule has 0 bridgehead atoms. The number of carbonyl (C=O) groups excluding carboxylic acids is 3. The van der Waals surface area contributed by atoms with Gasteiger partial charge in [0.15, 0.2) is 5.82 Å². The summed E-state index contributed by atoms with van der Waals surface area (Å²) < 4.78 is 0. The first kappa shape index (κ1) is 26.9. The van der Waals surface area contributed by atoms with Crippen LogP contribution < -0.4 is 16.0 Å². The molecule has 4 N–H and O–H groups in total. The third kappa shape index (κ3) is 4.81. The molecule has 204 valence electrons. The molecule has 5 rings (SSSR count).